The molecule has 0 unspecified atom stereocenters. The van der Waals surface area contributed by atoms with E-state index in [4.69, 9.17) is 4.52 Å². The lowest BCUT2D eigenvalue weighted by Crippen LogP contribution is -2.57. The van der Waals surface area contributed by atoms with Gasteiger partial charge in [-0.2, -0.15) is 0 Å². The average molecular weight is 381 g/mol. The van der Waals surface area contributed by atoms with Crippen LogP contribution in [0.2, 0.25) is 0 Å². The van der Waals surface area contributed by atoms with Crippen molar-refractivity contribution < 1.29 is 8.91 Å². The Kier molecular flexibility index (Phi) is 4.60. The highest BCUT2D eigenvalue weighted by molar-refractivity contribution is 5.88. The molecule has 0 bridgehead atoms. The zero-order valence-electron chi connectivity index (χ0n) is 15.7. The smallest absolute Gasteiger partial charge is 0.180 e. The minimum absolute atomic E-state index is 0.253. The summed E-state index contributed by atoms with van der Waals surface area (Å²) >= 11 is 0. The molecule has 0 amide bonds. The number of fused-ring (bicyclic) bond motifs is 2. The summed E-state index contributed by atoms with van der Waals surface area (Å²) in [6.45, 7) is 4.85. The number of piperazine rings is 1. The van der Waals surface area contributed by atoms with Crippen molar-refractivity contribution in [2.75, 3.05) is 42.9 Å². The van der Waals surface area contributed by atoms with Gasteiger partial charge in [0.05, 0.1) is 5.39 Å². The largest absolute Gasteiger partial charge is 0.370 e. The van der Waals surface area contributed by atoms with Gasteiger partial charge in [-0.3, -0.25) is 4.90 Å². The molecule has 2 aromatic heterocycles. The van der Waals surface area contributed by atoms with Crippen LogP contribution in [0.4, 0.5) is 16.0 Å². The van der Waals surface area contributed by atoms with Crippen molar-refractivity contribution >= 4 is 22.6 Å². The van der Waals surface area contributed by atoms with Crippen LogP contribution in [0.15, 0.2) is 47.1 Å². The van der Waals surface area contributed by atoms with E-state index in [2.05, 4.69) is 25.3 Å². The SMILES string of the molecule is Fc1ccc2onc(N3CCN4C[C@H](CNc5ccccn5)CC[C@@H]4C3)c2c1. The van der Waals surface area contributed by atoms with Gasteiger partial charge in [-0.15, -0.1) is 0 Å². The van der Waals surface area contributed by atoms with Crippen LogP contribution in [-0.2, 0) is 0 Å². The Morgan fingerprint density at radius 1 is 1.14 bits per heavy atom. The second-order valence-electron chi connectivity index (χ2n) is 7.78. The zero-order chi connectivity index (χ0) is 18.9. The fraction of sp³-hybridized carbons (Fsp3) is 0.429. The number of rotatable bonds is 4. The second kappa shape index (κ2) is 7.39. The van der Waals surface area contributed by atoms with E-state index in [1.807, 2.05) is 24.4 Å². The molecule has 0 spiro atoms. The van der Waals surface area contributed by atoms with Gasteiger partial charge < -0.3 is 14.7 Å². The first kappa shape index (κ1) is 17.4. The van der Waals surface area contributed by atoms with E-state index in [0.29, 0.717) is 17.5 Å². The van der Waals surface area contributed by atoms with E-state index in [0.717, 1.165) is 56.2 Å². The molecule has 1 aromatic carbocycles. The highest BCUT2D eigenvalue weighted by atomic mass is 19.1. The molecule has 3 aromatic rings. The van der Waals surface area contributed by atoms with Crippen LogP contribution in [0.5, 0.6) is 0 Å². The number of nitrogens with one attached hydrogen (secondary N) is 1. The lowest BCUT2D eigenvalue weighted by Gasteiger charge is -2.46. The predicted molar refractivity (Wildman–Crippen MR) is 107 cm³/mol. The van der Waals surface area contributed by atoms with Crippen LogP contribution >= 0.6 is 0 Å². The first-order valence-corrected chi connectivity index (χ1v) is 9.95. The summed E-state index contributed by atoms with van der Waals surface area (Å²) in [6.07, 6.45) is 4.18. The Labute approximate surface area is 163 Å². The van der Waals surface area contributed by atoms with Crippen LogP contribution in [0.25, 0.3) is 11.0 Å². The molecule has 0 radical (unpaired) electrons. The highest BCUT2D eigenvalue weighted by Crippen LogP contribution is 2.31. The average Bonchev–Trinajstić information content (AvgIpc) is 3.15. The molecule has 7 heteroatoms. The van der Waals surface area contributed by atoms with Crippen molar-refractivity contribution in [1.82, 2.24) is 15.0 Å². The van der Waals surface area contributed by atoms with Crippen LogP contribution in [0.1, 0.15) is 12.8 Å². The summed E-state index contributed by atoms with van der Waals surface area (Å²) in [7, 11) is 0. The maximum atomic E-state index is 13.7. The maximum absolute atomic E-state index is 13.7. The molecule has 2 aliphatic heterocycles. The molecule has 2 aliphatic rings. The number of benzene rings is 1. The van der Waals surface area contributed by atoms with Crippen LogP contribution in [0.3, 0.4) is 0 Å². The van der Waals surface area contributed by atoms with Gasteiger partial charge in [-0.1, -0.05) is 11.2 Å². The number of nitrogens with zero attached hydrogens (tertiary/aromatic N) is 4. The standard InChI is InChI=1S/C21H24FN5O/c22-16-5-7-19-18(11-16)21(25-28-19)27-10-9-26-13-15(4-6-17(26)14-27)12-24-20-3-1-2-8-23-20/h1-3,5,7-8,11,15,17H,4,6,9-10,12-14H2,(H,23,24)/t15-,17+/m0/s1. The molecule has 1 N–H and O–H groups in total. The number of piperidine rings is 1. The third-order valence-corrected chi connectivity index (χ3v) is 5.95. The topological polar surface area (TPSA) is 57.4 Å². The van der Waals surface area contributed by atoms with E-state index in [1.165, 1.54) is 18.6 Å². The molecular weight excluding hydrogens is 357 g/mol. The van der Waals surface area contributed by atoms with Crippen LogP contribution in [-0.4, -0.2) is 53.8 Å². The monoisotopic (exact) mass is 381 g/mol. The Hall–Kier alpha value is -2.67. The van der Waals surface area contributed by atoms with E-state index < -0.39 is 0 Å². The Bertz CT molecular complexity index is 946. The minimum Gasteiger partial charge on any atom is -0.370 e. The third-order valence-electron chi connectivity index (χ3n) is 5.95. The van der Waals surface area contributed by atoms with E-state index >= 15 is 0 Å². The molecule has 5 rings (SSSR count). The summed E-state index contributed by atoms with van der Waals surface area (Å²) < 4.78 is 19.1. The summed E-state index contributed by atoms with van der Waals surface area (Å²) in [5, 5.41) is 8.45. The van der Waals surface area contributed by atoms with Gasteiger partial charge in [-0.05, 0) is 49.1 Å². The number of hydrogen-bond acceptors (Lipinski definition) is 6. The first-order chi connectivity index (χ1) is 13.8. The molecular formula is C21H24FN5O. The molecule has 0 saturated carbocycles. The molecule has 0 aliphatic carbocycles. The van der Waals surface area contributed by atoms with Gasteiger partial charge in [-0.25, -0.2) is 9.37 Å². The van der Waals surface area contributed by atoms with E-state index in [9.17, 15) is 4.39 Å². The lowest BCUT2D eigenvalue weighted by molar-refractivity contribution is 0.0994. The van der Waals surface area contributed by atoms with Crippen LogP contribution < -0.4 is 10.2 Å². The van der Waals surface area contributed by atoms with Crippen LogP contribution in [0, 0.1) is 11.7 Å². The van der Waals surface area contributed by atoms with Crippen molar-refractivity contribution in [2.45, 2.75) is 18.9 Å². The van der Waals surface area contributed by atoms with Gasteiger partial charge in [0.25, 0.3) is 0 Å². The van der Waals surface area contributed by atoms with Gasteiger partial charge in [0.1, 0.15) is 11.6 Å². The number of pyridine rings is 1. The number of anilines is 2. The van der Waals surface area contributed by atoms with Crippen molar-refractivity contribution in [3.8, 4) is 0 Å². The Morgan fingerprint density at radius 3 is 3.00 bits per heavy atom. The Morgan fingerprint density at radius 2 is 2.11 bits per heavy atom. The molecule has 2 fully saturated rings. The quantitative estimate of drug-likeness (QED) is 0.748. The van der Waals surface area contributed by atoms with E-state index in [1.54, 1.807) is 6.07 Å². The number of hydrogen-bond donors (Lipinski definition) is 1. The second-order valence-corrected chi connectivity index (χ2v) is 7.78. The fourth-order valence-corrected chi connectivity index (χ4v) is 4.46. The first-order valence-electron chi connectivity index (χ1n) is 9.95. The molecule has 146 valence electrons. The minimum atomic E-state index is -0.253. The maximum Gasteiger partial charge on any atom is 0.180 e. The summed E-state index contributed by atoms with van der Waals surface area (Å²) in [5.41, 5.74) is 0.642. The van der Waals surface area contributed by atoms with Gasteiger partial charge >= 0.3 is 0 Å². The Balaban J connectivity index is 1.21. The molecule has 4 heterocycles. The molecule has 28 heavy (non-hydrogen) atoms. The predicted octanol–water partition coefficient (Wildman–Crippen LogP) is 3.37. The normalized spacial score (nSPS) is 23.0. The molecule has 6 nitrogen and oxygen atoms in total. The van der Waals surface area contributed by atoms with Crippen molar-refractivity contribution in [1.29, 1.82) is 0 Å². The highest BCUT2D eigenvalue weighted by Gasteiger charge is 2.34. The summed E-state index contributed by atoms with van der Waals surface area (Å²) in [4.78, 5) is 9.18. The third kappa shape index (κ3) is 3.42. The molecule has 2 saturated heterocycles. The van der Waals surface area contributed by atoms with E-state index in [-0.39, 0.29) is 5.82 Å². The van der Waals surface area contributed by atoms with Crippen molar-refractivity contribution in [3.05, 3.63) is 48.4 Å². The summed E-state index contributed by atoms with van der Waals surface area (Å²) in [6, 6.07) is 11.0. The van der Waals surface area contributed by atoms with Gasteiger partial charge in [0, 0.05) is 45.0 Å². The summed E-state index contributed by atoms with van der Waals surface area (Å²) in [5.74, 6) is 2.09. The lowest BCUT2D eigenvalue weighted by atomic mass is 9.91. The van der Waals surface area contributed by atoms with Gasteiger partial charge in [0.15, 0.2) is 11.4 Å². The van der Waals surface area contributed by atoms with Crippen molar-refractivity contribution in [2.24, 2.45) is 5.92 Å². The zero-order valence-corrected chi connectivity index (χ0v) is 15.7. The number of aromatic nitrogens is 2. The fourth-order valence-electron chi connectivity index (χ4n) is 4.46. The number of halogens is 1. The molecule has 2 atom stereocenters. The van der Waals surface area contributed by atoms with Crippen molar-refractivity contribution in [3.63, 3.8) is 0 Å². The van der Waals surface area contributed by atoms with Gasteiger partial charge in [0.2, 0.25) is 0 Å².